The van der Waals surface area contributed by atoms with Gasteiger partial charge in [0.2, 0.25) is 0 Å². The summed E-state index contributed by atoms with van der Waals surface area (Å²) in [6.45, 7) is 4.66. The highest BCUT2D eigenvalue weighted by Crippen LogP contribution is 2.55. The number of halogens is 1. The summed E-state index contributed by atoms with van der Waals surface area (Å²) in [7, 11) is -1.16. The maximum absolute atomic E-state index is 2.33. The van der Waals surface area contributed by atoms with Gasteiger partial charge in [-0.25, -0.2) is 0 Å². The van der Waals surface area contributed by atoms with Crippen molar-refractivity contribution >= 4 is 17.9 Å². The molecule has 0 aromatic heterocycles. The van der Waals surface area contributed by atoms with Gasteiger partial charge >= 0.3 is 0 Å². The molecule has 0 N–H and O–H groups in total. The molecule has 0 heterocycles. The van der Waals surface area contributed by atoms with Crippen LogP contribution in [0, 0.1) is 0 Å². The minimum Gasteiger partial charge on any atom is -1.00 e. The molecule has 0 bridgehead atoms. The summed E-state index contributed by atoms with van der Waals surface area (Å²) >= 11 is 0. The van der Waals surface area contributed by atoms with Crippen LogP contribution in [-0.4, -0.2) is 12.3 Å². The van der Waals surface area contributed by atoms with Crippen molar-refractivity contribution in [2.75, 3.05) is 12.3 Å². The Kier molecular flexibility index (Phi) is 5.85. The fourth-order valence-electron chi connectivity index (χ4n) is 2.53. The van der Waals surface area contributed by atoms with Crippen molar-refractivity contribution in [3.8, 4) is 0 Å². The molecule has 0 amide bonds. The van der Waals surface area contributed by atoms with Crippen LogP contribution in [0.25, 0.3) is 0 Å². The molecule has 0 fully saturated rings. The van der Waals surface area contributed by atoms with Crippen molar-refractivity contribution < 1.29 is 12.4 Å². The molecule has 0 aliphatic heterocycles. The molecule has 18 heavy (non-hydrogen) atoms. The molecular weight excluding hydrogens is 259 g/mol. The standard InChI is InChI=1S/C16H20P.ClH/c1-3-17(4-2,15-11-7-5-8-12-15)16-13-9-6-10-14-16;/h5-14H,3-4H2,1-2H3;1H/q+1;/p-1. The van der Waals surface area contributed by atoms with Crippen LogP contribution in [-0.2, 0) is 0 Å². The lowest BCUT2D eigenvalue weighted by Gasteiger charge is -2.24. The topological polar surface area (TPSA) is 0 Å². The largest absolute Gasteiger partial charge is 1.00 e. The van der Waals surface area contributed by atoms with E-state index in [9.17, 15) is 0 Å². The lowest BCUT2D eigenvalue weighted by atomic mass is 10.4. The van der Waals surface area contributed by atoms with Crippen molar-refractivity contribution in [2.24, 2.45) is 0 Å². The molecule has 0 saturated carbocycles. The van der Waals surface area contributed by atoms with Gasteiger partial charge in [-0.05, 0) is 38.1 Å². The molecule has 0 spiro atoms. The summed E-state index contributed by atoms with van der Waals surface area (Å²) in [6, 6.07) is 22.1. The van der Waals surface area contributed by atoms with Crippen molar-refractivity contribution in [3.63, 3.8) is 0 Å². The van der Waals surface area contributed by atoms with Crippen LogP contribution in [0.2, 0.25) is 0 Å². The predicted molar refractivity (Wildman–Crippen MR) is 80.2 cm³/mol. The fourth-order valence-corrected chi connectivity index (χ4v) is 6.22. The Bertz CT molecular complexity index is 408. The molecule has 0 aliphatic carbocycles. The first kappa shape index (κ1) is 15.2. The van der Waals surface area contributed by atoms with Crippen LogP contribution in [0.5, 0.6) is 0 Å². The Morgan fingerprint density at radius 2 is 1.00 bits per heavy atom. The Labute approximate surface area is 117 Å². The molecule has 0 aliphatic rings. The third-order valence-corrected chi connectivity index (χ3v) is 8.31. The Morgan fingerprint density at radius 3 is 1.28 bits per heavy atom. The quantitative estimate of drug-likeness (QED) is 0.723. The molecule has 96 valence electrons. The minimum atomic E-state index is -1.16. The zero-order valence-electron chi connectivity index (χ0n) is 11.0. The van der Waals surface area contributed by atoms with Gasteiger partial charge < -0.3 is 12.4 Å². The predicted octanol–water partition coefficient (Wildman–Crippen LogP) is 0.699. The van der Waals surface area contributed by atoms with Crippen LogP contribution < -0.4 is 23.0 Å². The van der Waals surface area contributed by atoms with E-state index in [1.807, 2.05) is 0 Å². The third kappa shape index (κ3) is 2.76. The second-order valence-corrected chi connectivity index (χ2v) is 8.50. The Hall–Kier alpha value is -0.840. The summed E-state index contributed by atoms with van der Waals surface area (Å²) < 4.78 is 0. The van der Waals surface area contributed by atoms with E-state index < -0.39 is 7.26 Å². The molecule has 0 atom stereocenters. The highest BCUT2D eigenvalue weighted by atomic mass is 35.5. The Morgan fingerprint density at radius 1 is 0.667 bits per heavy atom. The summed E-state index contributed by atoms with van der Waals surface area (Å²) in [5, 5.41) is 3.08. The molecule has 0 unspecified atom stereocenters. The van der Waals surface area contributed by atoms with E-state index >= 15 is 0 Å². The monoisotopic (exact) mass is 278 g/mol. The highest BCUT2D eigenvalue weighted by molar-refractivity contribution is 7.89. The van der Waals surface area contributed by atoms with E-state index in [-0.39, 0.29) is 12.4 Å². The molecule has 2 aromatic rings. The summed E-state index contributed by atoms with van der Waals surface area (Å²) in [5.41, 5.74) is 0. The third-order valence-electron chi connectivity index (χ3n) is 3.58. The Balaban J connectivity index is 0.00000162. The average molecular weight is 279 g/mol. The second kappa shape index (κ2) is 6.92. The van der Waals surface area contributed by atoms with Crippen LogP contribution >= 0.6 is 7.26 Å². The average Bonchev–Trinajstić information content (AvgIpc) is 2.43. The van der Waals surface area contributed by atoms with Gasteiger partial charge in [-0.15, -0.1) is 0 Å². The van der Waals surface area contributed by atoms with E-state index in [1.54, 1.807) is 0 Å². The first-order valence-electron chi connectivity index (χ1n) is 6.32. The van der Waals surface area contributed by atoms with Gasteiger partial charge in [-0.2, -0.15) is 0 Å². The molecule has 2 heteroatoms. The zero-order chi connectivity index (χ0) is 12.1. The van der Waals surface area contributed by atoms with Gasteiger partial charge in [0.05, 0.1) is 30.2 Å². The van der Waals surface area contributed by atoms with E-state index in [0.29, 0.717) is 0 Å². The van der Waals surface area contributed by atoms with Gasteiger partial charge in [0.1, 0.15) is 0 Å². The maximum Gasteiger partial charge on any atom is 0.0991 e. The van der Waals surface area contributed by atoms with Crippen LogP contribution in [0.3, 0.4) is 0 Å². The summed E-state index contributed by atoms with van der Waals surface area (Å²) in [4.78, 5) is 0. The number of hydrogen-bond donors (Lipinski definition) is 0. The molecule has 2 aromatic carbocycles. The number of hydrogen-bond acceptors (Lipinski definition) is 0. The molecule has 0 nitrogen and oxygen atoms in total. The second-order valence-electron chi connectivity index (χ2n) is 4.27. The molecular formula is C16H20ClP. The van der Waals surface area contributed by atoms with Crippen molar-refractivity contribution in [1.82, 2.24) is 0 Å². The number of rotatable bonds is 4. The summed E-state index contributed by atoms with van der Waals surface area (Å²) in [5.74, 6) is 0. The van der Waals surface area contributed by atoms with Crippen molar-refractivity contribution in [1.29, 1.82) is 0 Å². The maximum atomic E-state index is 2.33. The zero-order valence-corrected chi connectivity index (χ0v) is 12.7. The van der Waals surface area contributed by atoms with Crippen LogP contribution in [0.4, 0.5) is 0 Å². The molecule has 0 radical (unpaired) electrons. The molecule has 2 rings (SSSR count). The van der Waals surface area contributed by atoms with Crippen molar-refractivity contribution in [3.05, 3.63) is 60.7 Å². The highest BCUT2D eigenvalue weighted by Gasteiger charge is 2.38. The van der Waals surface area contributed by atoms with E-state index in [2.05, 4.69) is 74.5 Å². The van der Waals surface area contributed by atoms with Crippen molar-refractivity contribution in [2.45, 2.75) is 13.8 Å². The van der Waals surface area contributed by atoms with Gasteiger partial charge in [0.25, 0.3) is 0 Å². The first-order valence-corrected chi connectivity index (χ1v) is 8.47. The first-order chi connectivity index (χ1) is 8.33. The van der Waals surface area contributed by atoms with E-state index in [1.165, 1.54) is 22.9 Å². The smallest absolute Gasteiger partial charge is 0.0991 e. The van der Waals surface area contributed by atoms with Gasteiger partial charge in [0.15, 0.2) is 0 Å². The fraction of sp³-hybridized carbons (Fsp3) is 0.250. The number of benzene rings is 2. The van der Waals surface area contributed by atoms with Crippen LogP contribution in [0.1, 0.15) is 13.8 Å². The van der Waals surface area contributed by atoms with E-state index in [4.69, 9.17) is 0 Å². The normalized spacial score (nSPS) is 10.8. The minimum absolute atomic E-state index is 0. The SMILES string of the molecule is CC[P+](CC)(c1ccccc1)c1ccccc1.[Cl-]. The van der Waals surface area contributed by atoms with Crippen LogP contribution in [0.15, 0.2) is 60.7 Å². The van der Waals surface area contributed by atoms with Gasteiger partial charge in [0, 0.05) is 0 Å². The lowest BCUT2D eigenvalue weighted by Crippen LogP contribution is -3.00. The summed E-state index contributed by atoms with van der Waals surface area (Å²) in [6.07, 6.45) is 2.50. The van der Waals surface area contributed by atoms with E-state index in [0.717, 1.165) is 0 Å². The lowest BCUT2D eigenvalue weighted by molar-refractivity contribution is -0.00000346. The molecule has 0 saturated heterocycles. The van der Waals surface area contributed by atoms with Gasteiger partial charge in [-0.1, -0.05) is 36.4 Å². The van der Waals surface area contributed by atoms with Gasteiger partial charge in [-0.3, -0.25) is 0 Å².